The summed E-state index contributed by atoms with van der Waals surface area (Å²) in [7, 11) is 0. The fourth-order valence-corrected chi connectivity index (χ4v) is 1.12. The minimum Gasteiger partial charge on any atom is -0.465 e. The van der Waals surface area contributed by atoms with Gasteiger partial charge in [-0.15, -0.1) is 0 Å². The average molecular weight is 217 g/mol. The molecule has 15 heavy (non-hydrogen) atoms. The highest BCUT2D eigenvalue weighted by Gasteiger charge is 2.04. The first-order chi connectivity index (χ1) is 7.20. The van der Waals surface area contributed by atoms with Crippen LogP contribution in [0.25, 0.3) is 0 Å². The molecule has 1 atom stereocenters. The molecule has 0 amide bonds. The van der Waals surface area contributed by atoms with Crippen LogP contribution < -0.4 is 5.32 Å². The molecule has 0 heterocycles. The maximum absolute atomic E-state index is 11.1. The Kier molecular flexibility index (Phi) is 9.52. The van der Waals surface area contributed by atoms with Gasteiger partial charge in [0.25, 0.3) is 0 Å². The van der Waals surface area contributed by atoms with Gasteiger partial charge in [-0.3, -0.25) is 4.79 Å². The Morgan fingerprint density at radius 2 is 2.27 bits per heavy atom. The second-order valence-corrected chi connectivity index (χ2v) is 3.82. The van der Waals surface area contributed by atoms with E-state index >= 15 is 0 Å². The largest absolute Gasteiger partial charge is 0.465 e. The van der Waals surface area contributed by atoms with Gasteiger partial charge in [0.15, 0.2) is 0 Å². The first kappa shape index (κ1) is 14.4. The molecular weight excluding hydrogens is 194 g/mol. The van der Waals surface area contributed by atoms with Gasteiger partial charge in [-0.1, -0.05) is 20.3 Å². The van der Waals surface area contributed by atoms with Crippen LogP contribution in [-0.4, -0.2) is 37.4 Å². The molecule has 0 bridgehead atoms. The lowest BCUT2D eigenvalue weighted by atomic mass is 10.1. The van der Waals surface area contributed by atoms with E-state index in [0.29, 0.717) is 12.5 Å². The number of aliphatic hydroxyl groups is 1. The number of nitrogens with one attached hydrogen (secondary N) is 1. The van der Waals surface area contributed by atoms with Gasteiger partial charge >= 0.3 is 5.97 Å². The minimum atomic E-state index is -0.195. The summed E-state index contributed by atoms with van der Waals surface area (Å²) in [6.45, 7) is 5.81. The van der Waals surface area contributed by atoms with E-state index in [1.54, 1.807) is 0 Å². The number of unbranched alkanes of at least 4 members (excludes halogenated alkanes) is 1. The van der Waals surface area contributed by atoms with E-state index in [9.17, 15) is 4.79 Å². The number of esters is 1. The number of hydrogen-bond acceptors (Lipinski definition) is 4. The summed E-state index contributed by atoms with van der Waals surface area (Å²) in [5.41, 5.74) is 0. The number of rotatable bonds is 9. The third kappa shape index (κ3) is 9.69. The van der Waals surface area contributed by atoms with E-state index in [2.05, 4.69) is 12.2 Å². The lowest BCUT2D eigenvalue weighted by Gasteiger charge is -2.10. The van der Waals surface area contributed by atoms with E-state index in [4.69, 9.17) is 9.84 Å². The van der Waals surface area contributed by atoms with Crippen molar-refractivity contribution in [1.82, 2.24) is 5.32 Å². The van der Waals surface area contributed by atoms with Crippen molar-refractivity contribution in [2.24, 2.45) is 5.92 Å². The molecule has 0 fully saturated rings. The van der Waals surface area contributed by atoms with Gasteiger partial charge in [0.2, 0.25) is 0 Å². The molecule has 90 valence electrons. The smallest absolute Gasteiger partial charge is 0.319 e. The second-order valence-electron chi connectivity index (χ2n) is 3.82. The fraction of sp³-hybridized carbons (Fsp3) is 0.909. The molecule has 0 aromatic heterocycles. The van der Waals surface area contributed by atoms with Crippen LogP contribution in [0.15, 0.2) is 0 Å². The van der Waals surface area contributed by atoms with Crippen LogP contribution >= 0.6 is 0 Å². The zero-order chi connectivity index (χ0) is 11.5. The Labute approximate surface area is 92.0 Å². The summed E-state index contributed by atoms with van der Waals surface area (Å²) < 4.78 is 4.97. The van der Waals surface area contributed by atoms with Gasteiger partial charge < -0.3 is 15.2 Å². The lowest BCUT2D eigenvalue weighted by Crippen LogP contribution is -2.29. The quantitative estimate of drug-likeness (QED) is 0.446. The molecule has 0 saturated carbocycles. The molecule has 0 aliphatic heterocycles. The molecule has 4 nitrogen and oxygen atoms in total. The molecule has 0 saturated heterocycles. The molecule has 0 aromatic rings. The Balaban J connectivity index is 3.30. The predicted molar refractivity (Wildman–Crippen MR) is 59.6 cm³/mol. The molecule has 0 spiro atoms. The number of ether oxygens (including phenoxy) is 1. The maximum atomic E-state index is 11.1. The normalized spacial score (nSPS) is 12.5. The molecule has 0 radical (unpaired) electrons. The van der Waals surface area contributed by atoms with E-state index in [1.807, 2.05) is 6.92 Å². The van der Waals surface area contributed by atoms with Crippen LogP contribution in [0, 0.1) is 5.92 Å². The van der Waals surface area contributed by atoms with Crippen molar-refractivity contribution < 1.29 is 14.6 Å². The molecule has 1 unspecified atom stereocenters. The Hall–Kier alpha value is -0.610. The highest BCUT2D eigenvalue weighted by molar-refractivity contribution is 5.71. The van der Waals surface area contributed by atoms with Gasteiger partial charge in [0, 0.05) is 6.61 Å². The van der Waals surface area contributed by atoms with E-state index < -0.39 is 0 Å². The van der Waals surface area contributed by atoms with Crippen LogP contribution in [-0.2, 0) is 9.53 Å². The van der Waals surface area contributed by atoms with Crippen molar-refractivity contribution in [3.63, 3.8) is 0 Å². The predicted octanol–water partition coefficient (Wildman–Crippen LogP) is 0.938. The fourth-order valence-electron chi connectivity index (χ4n) is 1.12. The topological polar surface area (TPSA) is 58.6 Å². The minimum absolute atomic E-state index is 0.195. The monoisotopic (exact) mass is 217 g/mol. The van der Waals surface area contributed by atoms with Crippen LogP contribution in [0.3, 0.4) is 0 Å². The van der Waals surface area contributed by atoms with Crippen molar-refractivity contribution >= 4 is 5.97 Å². The first-order valence-corrected chi connectivity index (χ1v) is 5.67. The van der Waals surface area contributed by atoms with Crippen molar-refractivity contribution in [1.29, 1.82) is 0 Å². The zero-order valence-electron chi connectivity index (χ0n) is 9.79. The second kappa shape index (κ2) is 9.93. The van der Waals surface area contributed by atoms with Crippen LogP contribution in [0.4, 0.5) is 0 Å². The van der Waals surface area contributed by atoms with Crippen LogP contribution in [0.2, 0.25) is 0 Å². The lowest BCUT2D eigenvalue weighted by molar-refractivity contribution is -0.142. The molecule has 2 N–H and O–H groups in total. The molecule has 0 aromatic carbocycles. The summed E-state index contributed by atoms with van der Waals surface area (Å²) in [6, 6.07) is 0. The van der Waals surface area contributed by atoms with E-state index in [-0.39, 0.29) is 19.1 Å². The van der Waals surface area contributed by atoms with Crippen molar-refractivity contribution in [3.8, 4) is 0 Å². The number of aliphatic hydroxyl groups excluding tert-OH is 1. The summed E-state index contributed by atoms with van der Waals surface area (Å²) in [5, 5.41) is 11.7. The van der Waals surface area contributed by atoms with Gasteiger partial charge in [-0.25, -0.2) is 0 Å². The molecule has 0 rings (SSSR count). The van der Waals surface area contributed by atoms with Gasteiger partial charge in [-0.2, -0.15) is 0 Å². The summed E-state index contributed by atoms with van der Waals surface area (Å²) in [5.74, 6) is 0.193. The highest BCUT2D eigenvalue weighted by Crippen LogP contribution is 1.97. The highest BCUT2D eigenvalue weighted by atomic mass is 16.5. The molecule has 4 heteroatoms. The third-order valence-corrected chi connectivity index (χ3v) is 2.14. The van der Waals surface area contributed by atoms with E-state index in [0.717, 1.165) is 25.8 Å². The molecular formula is C11H23NO3. The van der Waals surface area contributed by atoms with Crippen molar-refractivity contribution in [2.45, 2.75) is 33.1 Å². The van der Waals surface area contributed by atoms with Gasteiger partial charge in [0.05, 0.1) is 13.2 Å². The Morgan fingerprint density at radius 1 is 1.53 bits per heavy atom. The third-order valence-electron chi connectivity index (χ3n) is 2.14. The average Bonchev–Trinajstić information content (AvgIpc) is 2.18. The van der Waals surface area contributed by atoms with Gasteiger partial charge in [-0.05, 0) is 25.3 Å². The summed E-state index contributed by atoms with van der Waals surface area (Å²) in [6.07, 6.45) is 2.72. The molecule has 0 aliphatic rings. The Bertz CT molecular complexity index is 162. The summed E-state index contributed by atoms with van der Waals surface area (Å²) in [4.78, 5) is 11.1. The first-order valence-electron chi connectivity index (χ1n) is 5.67. The Morgan fingerprint density at radius 3 is 2.87 bits per heavy atom. The number of carbonyl (C=O) groups excluding carboxylic acids is 1. The van der Waals surface area contributed by atoms with Crippen LogP contribution in [0.1, 0.15) is 33.1 Å². The molecule has 0 aliphatic carbocycles. The standard InChI is InChI=1S/C11H23NO3/c1-3-4-7-15-11(14)9-12-8-10(2)5-6-13/h10,12-13H,3-9H2,1-2H3. The number of hydrogen-bond donors (Lipinski definition) is 2. The number of carbonyl (C=O) groups is 1. The maximum Gasteiger partial charge on any atom is 0.319 e. The zero-order valence-corrected chi connectivity index (χ0v) is 9.79. The van der Waals surface area contributed by atoms with Gasteiger partial charge in [0.1, 0.15) is 0 Å². The van der Waals surface area contributed by atoms with Crippen molar-refractivity contribution in [2.75, 3.05) is 26.3 Å². The SMILES string of the molecule is CCCCOC(=O)CNCC(C)CCO. The van der Waals surface area contributed by atoms with E-state index in [1.165, 1.54) is 0 Å². The van der Waals surface area contributed by atoms with Crippen molar-refractivity contribution in [3.05, 3.63) is 0 Å². The van der Waals surface area contributed by atoms with Crippen LogP contribution in [0.5, 0.6) is 0 Å². The summed E-state index contributed by atoms with van der Waals surface area (Å²) >= 11 is 0.